The Bertz CT molecular complexity index is 837. The fourth-order valence-electron chi connectivity index (χ4n) is 3.57. The molecule has 2 atom stereocenters. The monoisotopic (exact) mass is 428 g/mol. The van der Waals surface area contributed by atoms with E-state index in [0.717, 1.165) is 23.9 Å². The zero-order chi connectivity index (χ0) is 21.3. The van der Waals surface area contributed by atoms with E-state index in [2.05, 4.69) is 31.0 Å². The van der Waals surface area contributed by atoms with Crippen LogP contribution >= 0.6 is 11.8 Å². The van der Waals surface area contributed by atoms with Crippen molar-refractivity contribution in [1.82, 2.24) is 10.2 Å². The van der Waals surface area contributed by atoms with E-state index in [-0.39, 0.29) is 16.3 Å². The fraction of sp³-hybridized carbons (Fsp3) is 0.571. The lowest BCUT2D eigenvalue weighted by molar-refractivity contribution is -0.137. The molecule has 0 aliphatic carbocycles. The molecule has 0 saturated carbocycles. The molecule has 1 N–H and O–H groups in total. The van der Waals surface area contributed by atoms with Crippen molar-refractivity contribution in [1.29, 1.82) is 0 Å². The fourth-order valence-corrected chi connectivity index (χ4v) is 4.89. The molecule has 0 radical (unpaired) electrons. The first-order valence-corrected chi connectivity index (χ1v) is 10.4. The van der Waals surface area contributed by atoms with Gasteiger partial charge in [-0.25, -0.2) is 0 Å². The zero-order valence-electron chi connectivity index (χ0n) is 17.1. The Balaban J connectivity index is 1.74. The molecule has 160 valence electrons. The van der Waals surface area contributed by atoms with Crippen molar-refractivity contribution in [3.63, 3.8) is 0 Å². The first-order valence-electron chi connectivity index (χ1n) is 9.55. The van der Waals surface area contributed by atoms with Gasteiger partial charge in [-0.2, -0.15) is 18.3 Å². The van der Waals surface area contributed by atoms with E-state index < -0.39 is 11.7 Å². The zero-order valence-corrected chi connectivity index (χ0v) is 17.9. The number of aromatic amines is 1. The minimum absolute atomic E-state index is 0.174. The molecule has 0 bridgehead atoms. The molecule has 29 heavy (non-hydrogen) atoms. The second-order valence-electron chi connectivity index (χ2n) is 8.42. The number of thioether (sulfide) groups is 1. The van der Waals surface area contributed by atoms with Crippen LogP contribution in [0.4, 0.5) is 13.2 Å². The molecule has 2 aromatic rings. The second-order valence-corrected chi connectivity index (χ2v) is 10.1. The highest BCUT2D eigenvalue weighted by atomic mass is 32.2. The lowest BCUT2D eigenvalue weighted by atomic mass is 9.89. The largest absolute Gasteiger partial charge is 0.416 e. The Kier molecular flexibility index (Phi) is 6.36. The summed E-state index contributed by atoms with van der Waals surface area (Å²) in [5.41, 5.74) is 0.942. The average Bonchev–Trinajstić information content (AvgIpc) is 3.12. The molecule has 3 rings (SSSR count). The van der Waals surface area contributed by atoms with Gasteiger partial charge in [0.25, 0.3) is 0 Å². The van der Waals surface area contributed by atoms with E-state index in [0.29, 0.717) is 24.5 Å². The van der Waals surface area contributed by atoms with Crippen LogP contribution in [0.3, 0.4) is 0 Å². The molecule has 1 saturated heterocycles. The van der Waals surface area contributed by atoms with E-state index in [9.17, 15) is 13.2 Å². The molecule has 0 spiro atoms. The first kappa shape index (κ1) is 22.2. The van der Waals surface area contributed by atoms with Gasteiger partial charge in [-0.1, -0.05) is 19.9 Å². The van der Waals surface area contributed by atoms with Crippen LogP contribution < -0.4 is 0 Å². The Morgan fingerprint density at radius 2 is 2.07 bits per heavy atom. The van der Waals surface area contributed by atoms with Gasteiger partial charge < -0.3 is 9.47 Å². The number of nitrogens with zero attached hydrogens (tertiary/aromatic N) is 1. The standard InChI is InChI=1S/C21H27F3N2O2S/c1-19(2,13-27-4)18-11-16(25-26-18)17-12-20(3,8-9-28-17)29-15-7-5-6-14(10-15)21(22,23)24/h5-7,10-11,17H,8-9,12-13H2,1-4H3,(H,25,26). The van der Waals surface area contributed by atoms with E-state index in [1.54, 1.807) is 13.2 Å². The number of aromatic nitrogens is 2. The average molecular weight is 429 g/mol. The van der Waals surface area contributed by atoms with Crippen LogP contribution in [0.25, 0.3) is 0 Å². The summed E-state index contributed by atoms with van der Waals surface area (Å²) in [6.45, 7) is 7.30. The number of benzene rings is 1. The molecule has 0 amide bonds. The number of nitrogens with one attached hydrogen (secondary N) is 1. The quantitative estimate of drug-likeness (QED) is 0.636. The molecule has 1 aromatic carbocycles. The summed E-state index contributed by atoms with van der Waals surface area (Å²) in [4.78, 5) is 0.620. The Labute approximate surface area is 173 Å². The highest BCUT2D eigenvalue weighted by Gasteiger charge is 2.37. The molecule has 2 heterocycles. The van der Waals surface area contributed by atoms with Crippen molar-refractivity contribution in [2.75, 3.05) is 20.3 Å². The number of hydrogen-bond acceptors (Lipinski definition) is 4. The molecule has 1 aliphatic heterocycles. The first-order chi connectivity index (χ1) is 13.5. The number of alkyl halides is 3. The van der Waals surface area contributed by atoms with Gasteiger partial charge in [0.2, 0.25) is 0 Å². The van der Waals surface area contributed by atoms with Gasteiger partial charge in [0.15, 0.2) is 0 Å². The van der Waals surface area contributed by atoms with Crippen LogP contribution in [0.5, 0.6) is 0 Å². The summed E-state index contributed by atoms with van der Waals surface area (Å²) >= 11 is 1.48. The molecule has 1 fully saturated rings. The SMILES string of the molecule is COCC(C)(C)c1cc(C2CC(C)(Sc3cccc(C(F)(F)F)c3)CCO2)[nH]n1. The normalized spacial score (nSPS) is 23.3. The van der Waals surface area contributed by atoms with Crippen molar-refractivity contribution in [2.45, 2.75) is 61.0 Å². The molecule has 4 nitrogen and oxygen atoms in total. The summed E-state index contributed by atoms with van der Waals surface area (Å²) in [6, 6.07) is 7.53. The maximum atomic E-state index is 13.0. The number of hydrogen-bond donors (Lipinski definition) is 1. The molecule has 1 aliphatic rings. The van der Waals surface area contributed by atoms with Crippen LogP contribution in [-0.4, -0.2) is 35.3 Å². The summed E-state index contributed by atoms with van der Waals surface area (Å²) in [6.07, 6.45) is -3.07. The van der Waals surface area contributed by atoms with Crippen LogP contribution in [0.15, 0.2) is 35.2 Å². The van der Waals surface area contributed by atoms with Gasteiger partial charge in [0.05, 0.1) is 23.6 Å². The van der Waals surface area contributed by atoms with Gasteiger partial charge in [-0.3, -0.25) is 5.10 Å². The van der Waals surface area contributed by atoms with Crippen molar-refractivity contribution in [3.05, 3.63) is 47.3 Å². The van der Waals surface area contributed by atoms with E-state index in [1.807, 2.05) is 6.07 Å². The molecule has 8 heteroatoms. The summed E-state index contributed by atoms with van der Waals surface area (Å²) in [5.74, 6) is 0. The summed E-state index contributed by atoms with van der Waals surface area (Å²) < 4.78 is 50.1. The number of halogens is 3. The van der Waals surface area contributed by atoms with Crippen molar-refractivity contribution >= 4 is 11.8 Å². The van der Waals surface area contributed by atoms with E-state index in [1.165, 1.54) is 23.9 Å². The molecule has 2 unspecified atom stereocenters. The minimum atomic E-state index is -4.34. The Morgan fingerprint density at radius 1 is 1.31 bits per heavy atom. The maximum absolute atomic E-state index is 13.0. The van der Waals surface area contributed by atoms with Crippen LogP contribution in [-0.2, 0) is 21.1 Å². The van der Waals surface area contributed by atoms with Crippen LogP contribution in [0.2, 0.25) is 0 Å². The van der Waals surface area contributed by atoms with Gasteiger partial charge in [0, 0.05) is 28.8 Å². The number of H-pyrrole nitrogens is 1. The highest BCUT2D eigenvalue weighted by molar-refractivity contribution is 8.00. The predicted molar refractivity (Wildman–Crippen MR) is 107 cm³/mol. The summed E-state index contributed by atoms with van der Waals surface area (Å²) in [5, 5.41) is 7.52. The van der Waals surface area contributed by atoms with Crippen LogP contribution in [0.1, 0.15) is 56.7 Å². The van der Waals surface area contributed by atoms with Crippen molar-refractivity contribution < 1.29 is 22.6 Å². The molecular formula is C21H27F3N2O2S. The predicted octanol–water partition coefficient (Wildman–Crippen LogP) is 5.76. The van der Waals surface area contributed by atoms with Gasteiger partial charge >= 0.3 is 6.18 Å². The lowest BCUT2D eigenvalue weighted by Gasteiger charge is -2.37. The van der Waals surface area contributed by atoms with E-state index >= 15 is 0 Å². The summed E-state index contributed by atoms with van der Waals surface area (Å²) in [7, 11) is 1.66. The van der Waals surface area contributed by atoms with E-state index in [4.69, 9.17) is 9.47 Å². The van der Waals surface area contributed by atoms with Gasteiger partial charge in [-0.15, -0.1) is 11.8 Å². The van der Waals surface area contributed by atoms with Gasteiger partial charge in [0.1, 0.15) is 6.10 Å². The third-order valence-corrected chi connectivity index (χ3v) is 6.59. The number of ether oxygens (including phenoxy) is 2. The Hall–Kier alpha value is -1.51. The minimum Gasteiger partial charge on any atom is -0.384 e. The second kappa shape index (κ2) is 8.32. The third-order valence-electron chi connectivity index (χ3n) is 5.24. The number of rotatable bonds is 6. The highest BCUT2D eigenvalue weighted by Crippen LogP contribution is 2.46. The lowest BCUT2D eigenvalue weighted by Crippen LogP contribution is -2.32. The van der Waals surface area contributed by atoms with Crippen molar-refractivity contribution in [3.8, 4) is 0 Å². The van der Waals surface area contributed by atoms with Crippen LogP contribution in [0, 0.1) is 0 Å². The van der Waals surface area contributed by atoms with Gasteiger partial charge in [-0.05, 0) is 44.0 Å². The number of methoxy groups -OCH3 is 1. The topological polar surface area (TPSA) is 47.1 Å². The molecule has 1 aromatic heterocycles. The third kappa shape index (κ3) is 5.35. The molecular weight excluding hydrogens is 401 g/mol. The maximum Gasteiger partial charge on any atom is 0.416 e. The smallest absolute Gasteiger partial charge is 0.384 e. The Morgan fingerprint density at radius 3 is 2.76 bits per heavy atom. The van der Waals surface area contributed by atoms with Crippen molar-refractivity contribution in [2.24, 2.45) is 0 Å².